The zero-order valence-electron chi connectivity index (χ0n) is 26.4. The first-order chi connectivity index (χ1) is 21.1. The summed E-state index contributed by atoms with van der Waals surface area (Å²) in [5, 5.41) is 1.12. The number of benzene rings is 4. The van der Waals surface area contributed by atoms with Gasteiger partial charge in [0.05, 0.1) is 0 Å². The second kappa shape index (κ2) is 20.1. The van der Waals surface area contributed by atoms with Gasteiger partial charge >= 0.3 is 0 Å². The molecule has 0 spiro atoms. The van der Waals surface area contributed by atoms with Crippen molar-refractivity contribution in [1.82, 2.24) is 0 Å². The normalized spacial score (nSPS) is 10.4. The second-order valence-corrected chi connectivity index (χ2v) is 12.3. The molecule has 0 bridgehead atoms. The number of alkyl halides is 1. The fourth-order valence-electron chi connectivity index (χ4n) is 5.26. The van der Waals surface area contributed by atoms with Crippen molar-refractivity contribution in [3.8, 4) is 22.3 Å². The van der Waals surface area contributed by atoms with E-state index < -0.39 is 0 Å². The third kappa shape index (κ3) is 12.2. The average Bonchev–Trinajstić information content (AvgIpc) is 3.06. The highest BCUT2D eigenvalue weighted by Crippen LogP contribution is 2.21. The van der Waals surface area contributed by atoms with Crippen LogP contribution in [-0.2, 0) is 19.4 Å². The number of unbranched alkanes of at least 4 members (excludes halogenated alkanes) is 4. The van der Waals surface area contributed by atoms with Gasteiger partial charge in [-0.1, -0.05) is 132 Å². The molecule has 0 saturated carbocycles. The molecule has 0 saturated heterocycles. The zero-order valence-corrected chi connectivity index (χ0v) is 29.6. The first-order valence-electron chi connectivity index (χ1n) is 15.9. The monoisotopic (exact) mass is 711 g/mol. The molecule has 0 aliphatic carbocycles. The topological polar surface area (TPSA) is 3.88 Å². The summed E-state index contributed by atoms with van der Waals surface area (Å²) in [6.07, 6.45) is 14.5. The Balaban J connectivity index is 0.000000247. The molecule has 0 aliphatic heterocycles. The van der Waals surface area contributed by atoms with E-state index in [1.165, 1.54) is 95.9 Å². The first kappa shape index (κ1) is 35.5. The van der Waals surface area contributed by atoms with Gasteiger partial charge in [0.15, 0.2) is 12.4 Å². The Bertz CT molecular complexity index is 1460. The number of nitrogens with zero attached hydrogens (tertiary/aromatic N) is 1. The standard InChI is InChI=1S/C24H28N.C17H19Br.BrH/c1-20-16-18-25(19-21(20)2)17-8-4-5-9-22-12-14-24(15-13-22)23-10-6-3-7-11-23;18-14-6-2-3-7-15-10-12-17(13-11-15)16-8-4-1-5-9-16;/h3,6-7,10-16,18-19H,4-5,8-9,17H2,1-2H3;1,4-5,8-13H,2-3,6-7,14H2;1H/q+1;;/p-1. The van der Waals surface area contributed by atoms with Gasteiger partial charge in [-0.15, -0.1) is 0 Å². The second-order valence-electron chi connectivity index (χ2n) is 11.5. The Morgan fingerprint density at radius 3 is 1.39 bits per heavy atom. The van der Waals surface area contributed by atoms with E-state index >= 15 is 0 Å². The van der Waals surface area contributed by atoms with Crippen LogP contribution in [0.4, 0.5) is 0 Å². The molecule has 0 amide bonds. The Hall–Kier alpha value is -3.01. The van der Waals surface area contributed by atoms with Crippen LogP contribution in [-0.4, -0.2) is 5.33 Å². The molecule has 5 rings (SSSR count). The summed E-state index contributed by atoms with van der Waals surface area (Å²) in [5.74, 6) is 0. The highest BCUT2D eigenvalue weighted by molar-refractivity contribution is 9.09. The highest BCUT2D eigenvalue weighted by atomic mass is 79.9. The maximum atomic E-state index is 3.47. The molecule has 5 aromatic rings. The van der Waals surface area contributed by atoms with Crippen LogP contribution in [0.5, 0.6) is 0 Å². The van der Waals surface area contributed by atoms with Crippen molar-refractivity contribution in [2.24, 2.45) is 0 Å². The van der Waals surface area contributed by atoms with Gasteiger partial charge in [-0.3, -0.25) is 0 Å². The van der Waals surface area contributed by atoms with Gasteiger partial charge in [-0.05, 0) is 91.3 Å². The van der Waals surface area contributed by atoms with Crippen LogP contribution < -0.4 is 21.5 Å². The van der Waals surface area contributed by atoms with Crippen molar-refractivity contribution in [2.45, 2.75) is 71.8 Å². The van der Waals surface area contributed by atoms with E-state index in [9.17, 15) is 0 Å². The molecular formula is C41H47Br2N. The molecule has 0 radical (unpaired) electrons. The summed E-state index contributed by atoms with van der Waals surface area (Å²) >= 11 is 3.47. The summed E-state index contributed by atoms with van der Waals surface area (Å²) < 4.78 is 2.32. The van der Waals surface area contributed by atoms with Gasteiger partial charge < -0.3 is 17.0 Å². The fourth-order valence-corrected chi connectivity index (χ4v) is 5.66. The van der Waals surface area contributed by atoms with Gasteiger partial charge in [-0.2, -0.15) is 0 Å². The lowest BCUT2D eigenvalue weighted by atomic mass is 10.0. The molecule has 0 fully saturated rings. The van der Waals surface area contributed by atoms with Gasteiger partial charge in [0, 0.05) is 23.4 Å². The largest absolute Gasteiger partial charge is 1.00 e. The summed E-state index contributed by atoms with van der Waals surface area (Å²) in [7, 11) is 0. The predicted octanol–water partition coefficient (Wildman–Crippen LogP) is 8.14. The van der Waals surface area contributed by atoms with Crippen LogP contribution in [0.1, 0.15) is 60.8 Å². The summed E-state index contributed by atoms with van der Waals surface area (Å²) in [6.45, 7) is 5.47. The molecule has 44 heavy (non-hydrogen) atoms. The van der Waals surface area contributed by atoms with Crippen molar-refractivity contribution in [3.63, 3.8) is 0 Å². The molecule has 230 valence electrons. The molecule has 1 aromatic heterocycles. The van der Waals surface area contributed by atoms with Gasteiger partial charge in [0.1, 0.15) is 6.54 Å². The molecule has 0 N–H and O–H groups in total. The Kier molecular flexibility index (Phi) is 16.2. The lowest BCUT2D eigenvalue weighted by Crippen LogP contribution is -3.00. The van der Waals surface area contributed by atoms with Crippen LogP contribution in [0.2, 0.25) is 0 Å². The smallest absolute Gasteiger partial charge is 0.171 e. The zero-order chi connectivity index (χ0) is 30.1. The number of hydrogen-bond acceptors (Lipinski definition) is 0. The molecule has 1 heterocycles. The van der Waals surface area contributed by atoms with Gasteiger partial charge in [0.25, 0.3) is 0 Å². The summed E-state index contributed by atoms with van der Waals surface area (Å²) in [6, 6.07) is 41.4. The summed E-state index contributed by atoms with van der Waals surface area (Å²) in [5.41, 5.74) is 10.8. The minimum Gasteiger partial charge on any atom is -1.00 e. The molecule has 0 atom stereocenters. The van der Waals surface area contributed by atoms with E-state index in [0.29, 0.717) is 0 Å². The van der Waals surface area contributed by atoms with E-state index in [0.717, 1.165) is 11.9 Å². The maximum absolute atomic E-state index is 3.47. The summed E-state index contributed by atoms with van der Waals surface area (Å²) in [4.78, 5) is 0. The van der Waals surface area contributed by atoms with Crippen molar-refractivity contribution < 1.29 is 21.5 Å². The minimum atomic E-state index is 0. The van der Waals surface area contributed by atoms with Crippen molar-refractivity contribution >= 4 is 15.9 Å². The lowest BCUT2D eigenvalue weighted by molar-refractivity contribution is -0.697. The number of pyridine rings is 1. The number of rotatable bonds is 13. The van der Waals surface area contributed by atoms with Gasteiger partial charge in [-0.25, -0.2) is 4.57 Å². The Morgan fingerprint density at radius 2 is 0.932 bits per heavy atom. The number of halogens is 2. The quantitative estimate of drug-likeness (QED) is 0.0660. The van der Waals surface area contributed by atoms with Crippen LogP contribution in [0.15, 0.2) is 128 Å². The van der Waals surface area contributed by atoms with E-state index in [1.807, 2.05) is 0 Å². The minimum absolute atomic E-state index is 0. The van der Waals surface area contributed by atoms with Crippen LogP contribution in [0.25, 0.3) is 22.3 Å². The van der Waals surface area contributed by atoms with E-state index in [1.54, 1.807) is 0 Å². The third-order valence-corrected chi connectivity index (χ3v) is 8.66. The van der Waals surface area contributed by atoms with Crippen molar-refractivity contribution in [1.29, 1.82) is 0 Å². The van der Waals surface area contributed by atoms with Crippen molar-refractivity contribution in [3.05, 3.63) is 150 Å². The average molecular weight is 714 g/mol. The maximum Gasteiger partial charge on any atom is 0.171 e. The molecule has 0 aliphatic rings. The van der Waals surface area contributed by atoms with Crippen molar-refractivity contribution in [2.75, 3.05) is 5.33 Å². The molecule has 4 aromatic carbocycles. The van der Waals surface area contributed by atoms with E-state index in [4.69, 9.17) is 0 Å². The van der Waals surface area contributed by atoms with Crippen LogP contribution in [0, 0.1) is 13.8 Å². The van der Waals surface area contributed by atoms with E-state index in [-0.39, 0.29) is 17.0 Å². The third-order valence-electron chi connectivity index (χ3n) is 8.10. The Labute approximate surface area is 285 Å². The number of aryl methyl sites for hydroxylation is 5. The Morgan fingerprint density at radius 1 is 0.477 bits per heavy atom. The lowest BCUT2D eigenvalue weighted by Gasteiger charge is -2.05. The first-order valence-corrected chi connectivity index (χ1v) is 17.1. The fraction of sp³-hybridized carbons (Fsp3) is 0.293. The van der Waals surface area contributed by atoms with Crippen LogP contribution >= 0.6 is 15.9 Å². The molecular weight excluding hydrogens is 666 g/mol. The van der Waals surface area contributed by atoms with Crippen LogP contribution in [0.3, 0.4) is 0 Å². The molecule has 3 heteroatoms. The molecule has 0 unspecified atom stereocenters. The SMILES string of the molecule is BrCCCCCc1ccc(-c2ccccc2)cc1.Cc1cc[n+](CCCCCc2ccc(-c3ccccc3)cc2)cc1C.[Br-]. The number of hydrogen-bond donors (Lipinski definition) is 0. The highest BCUT2D eigenvalue weighted by Gasteiger charge is 2.04. The number of aromatic nitrogens is 1. The molecule has 1 nitrogen and oxygen atoms in total. The van der Waals surface area contributed by atoms with Gasteiger partial charge in [0.2, 0.25) is 0 Å². The predicted molar refractivity (Wildman–Crippen MR) is 189 cm³/mol. The van der Waals surface area contributed by atoms with E-state index in [2.05, 4.69) is 162 Å².